The lowest BCUT2D eigenvalue weighted by atomic mass is 10.1. The largest absolute Gasteiger partial charge is 0.273 e. The second-order valence-electron chi connectivity index (χ2n) is 4.20. The summed E-state index contributed by atoms with van der Waals surface area (Å²) in [6, 6.07) is 7.14. The minimum Gasteiger partial charge on any atom is -0.273 e. The number of halogens is 2. The van der Waals surface area contributed by atoms with Crippen molar-refractivity contribution >= 4 is 27.7 Å². The van der Waals surface area contributed by atoms with Gasteiger partial charge in [0.2, 0.25) is 5.91 Å². The third-order valence-electron chi connectivity index (χ3n) is 2.56. The van der Waals surface area contributed by atoms with Crippen LogP contribution in [0.4, 0.5) is 4.39 Å². The summed E-state index contributed by atoms with van der Waals surface area (Å²) in [5.74, 6) is -1.25. The van der Waals surface area contributed by atoms with Crippen molar-refractivity contribution in [1.29, 1.82) is 0 Å². The van der Waals surface area contributed by atoms with Gasteiger partial charge in [-0.2, -0.15) is 0 Å². The van der Waals surface area contributed by atoms with Crippen LogP contribution in [0, 0.1) is 5.82 Å². The van der Waals surface area contributed by atoms with E-state index < -0.39 is 11.8 Å². The Morgan fingerprint density at radius 3 is 2.52 bits per heavy atom. The van der Waals surface area contributed by atoms with Crippen LogP contribution in [-0.4, -0.2) is 16.8 Å². The first-order valence-corrected chi connectivity index (χ1v) is 6.78. The van der Waals surface area contributed by atoms with Crippen LogP contribution in [0.1, 0.15) is 15.9 Å². The molecule has 0 radical (unpaired) electrons. The zero-order valence-corrected chi connectivity index (χ0v) is 12.4. The molecule has 0 saturated heterocycles. The van der Waals surface area contributed by atoms with Gasteiger partial charge in [0.05, 0.1) is 12.0 Å². The van der Waals surface area contributed by atoms with Crippen LogP contribution in [0.3, 0.4) is 0 Å². The Balaban J connectivity index is 1.86. The fraction of sp³-hybridized carbons (Fsp3) is 0.0714. The minimum absolute atomic E-state index is 0.0390. The maximum Gasteiger partial charge on any atom is 0.271 e. The van der Waals surface area contributed by atoms with E-state index >= 15 is 0 Å². The number of carbonyl (C=O) groups excluding carboxylic acids is 2. The molecule has 7 heteroatoms. The smallest absolute Gasteiger partial charge is 0.271 e. The summed E-state index contributed by atoms with van der Waals surface area (Å²) >= 11 is 3.20. The van der Waals surface area contributed by atoms with Gasteiger partial charge in [0.25, 0.3) is 5.91 Å². The number of benzene rings is 1. The minimum atomic E-state index is -0.476. The SMILES string of the molecule is O=C(Cc1ccc(F)cc1)NNC(=O)c1cncc(Br)c1. The van der Waals surface area contributed by atoms with Gasteiger partial charge in [0.1, 0.15) is 5.82 Å². The Kier molecular flexibility index (Phi) is 4.99. The average molecular weight is 352 g/mol. The van der Waals surface area contributed by atoms with Crippen LogP contribution in [0.5, 0.6) is 0 Å². The molecule has 0 fully saturated rings. The standard InChI is InChI=1S/C14H11BrFN3O2/c15-11-6-10(7-17-8-11)14(21)19-18-13(20)5-9-1-3-12(16)4-2-9/h1-4,6-8H,5H2,(H,18,20)(H,19,21). The summed E-state index contributed by atoms with van der Waals surface area (Å²) in [5, 5.41) is 0. The molecule has 2 rings (SSSR count). The van der Waals surface area contributed by atoms with Crippen molar-refractivity contribution in [3.63, 3.8) is 0 Å². The molecular formula is C14H11BrFN3O2. The Labute approximate surface area is 128 Å². The molecule has 5 nitrogen and oxygen atoms in total. The highest BCUT2D eigenvalue weighted by Crippen LogP contribution is 2.09. The van der Waals surface area contributed by atoms with E-state index in [-0.39, 0.29) is 12.2 Å². The van der Waals surface area contributed by atoms with Crippen LogP contribution in [0.2, 0.25) is 0 Å². The third-order valence-corrected chi connectivity index (χ3v) is 2.99. The molecule has 2 amide bonds. The number of amides is 2. The van der Waals surface area contributed by atoms with Gasteiger partial charge < -0.3 is 0 Å². The number of rotatable bonds is 3. The summed E-state index contributed by atoms with van der Waals surface area (Å²) in [5.41, 5.74) is 5.53. The average Bonchev–Trinajstić information content (AvgIpc) is 2.47. The van der Waals surface area contributed by atoms with Crippen molar-refractivity contribution in [3.8, 4) is 0 Å². The molecule has 108 valence electrons. The number of aromatic nitrogens is 1. The summed E-state index contributed by atoms with van der Waals surface area (Å²) in [7, 11) is 0. The van der Waals surface area contributed by atoms with Crippen molar-refractivity contribution < 1.29 is 14.0 Å². The molecule has 2 N–H and O–H groups in total. The quantitative estimate of drug-likeness (QED) is 0.830. The maximum atomic E-state index is 12.7. The van der Waals surface area contributed by atoms with Gasteiger partial charge in [-0.05, 0) is 39.7 Å². The first-order chi connectivity index (χ1) is 10.0. The highest BCUT2D eigenvalue weighted by Gasteiger charge is 2.08. The predicted molar refractivity (Wildman–Crippen MR) is 77.6 cm³/mol. The molecule has 2 aromatic rings. The molecule has 1 aromatic heterocycles. The number of pyridine rings is 1. The maximum absolute atomic E-state index is 12.7. The van der Waals surface area contributed by atoms with Gasteiger partial charge in [-0.25, -0.2) is 4.39 Å². The number of hydrogen-bond acceptors (Lipinski definition) is 3. The lowest BCUT2D eigenvalue weighted by Crippen LogP contribution is -2.42. The topological polar surface area (TPSA) is 71.1 Å². The Bertz CT molecular complexity index is 662. The van der Waals surface area contributed by atoms with Gasteiger partial charge in [0.15, 0.2) is 0 Å². The normalized spacial score (nSPS) is 10.0. The Morgan fingerprint density at radius 1 is 1.14 bits per heavy atom. The summed E-state index contributed by atoms with van der Waals surface area (Å²) < 4.78 is 13.4. The molecule has 0 atom stereocenters. The number of nitrogens with one attached hydrogen (secondary N) is 2. The van der Waals surface area contributed by atoms with Crippen LogP contribution >= 0.6 is 15.9 Å². The van der Waals surface area contributed by atoms with Crippen LogP contribution in [0.15, 0.2) is 47.2 Å². The van der Waals surface area contributed by atoms with E-state index in [1.54, 1.807) is 12.3 Å². The molecule has 0 unspecified atom stereocenters. The number of carbonyl (C=O) groups is 2. The van der Waals surface area contributed by atoms with Crippen LogP contribution in [0.25, 0.3) is 0 Å². The number of hydrogen-bond donors (Lipinski definition) is 2. The van der Waals surface area contributed by atoms with Crippen molar-refractivity contribution in [2.75, 3.05) is 0 Å². The molecule has 1 heterocycles. The van der Waals surface area contributed by atoms with Gasteiger partial charge in [-0.15, -0.1) is 0 Å². The second kappa shape index (κ2) is 6.94. The molecule has 0 spiro atoms. The molecule has 0 aliphatic heterocycles. The van der Waals surface area contributed by atoms with E-state index in [2.05, 4.69) is 31.8 Å². The second-order valence-corrected chi connectivity index (χ2v) is 5.11. The van der Waals surface area contributed by atoms with Crippen molar-refractivity contribution in [1.82, 2.24) is 15.8 Å². The monoisotopic (exact) mass is 351 g/mol. The van der Waals surface area contributed by atoms with Gasteiger partial charge >= 0.3 is 0 Å². The molecule has 21 heavy (non-hydrogen) atoms. The summed E-state index contributed by atoms with van der Waals surface area (Å²) in [6.07, 6.45) is 2.97. The molecule has 1 aromatic carbocycles. The highest BCUT2D eigenvalue weighted by molar-refractivity contribution is 9.10. The number of nitrogens with zero attached hydrogens (tertiary/aromatic N) is 1. The molecule has 0 aliphatic rings. The molecule has 0 bridgehead atoms. The van der Waals surface area contributed by atoms with E-state index in [4.69, 9.17) is 0 Å². The fourth-order valence-electron chi connectivity index (χ4n) is 1.57. The van der Waals surface area contributed by atoms with E-state index in [0.717, 1.165) is 0 Å². The molecular weight excluding hydrogens is 341 g/mol. The Morgan fingerprint density at radius 2 is 1.86 bits per heavy atom. The van der Waals surface area contributed by atoms with Gasteiger partial charge in [-0.3, -0.25) is 25.4 Å². The first-order valence-electron chi connectivity index (χ1n) is 5.99. The Hall–Kier alpha value is -2.28. The molecule has 0 saturated carbocycles. The summed E-state index contributed by atoms with van der Waals surface area (Å²) in [6.45, 7) is 0. The van der Waals surface area contributed by atoms with Crippen molar-refractivity contribution in [2.24, 2.45) is 0 Å². The summed E-state index contributed by atoms with van der Waals surface area (Å²) in [4.78, 5) is 27.3. The van der Waals surface area contributed by atoms with Gasteiger partial charge in [0, 0.05) is 16.9 Å². The van der Waals surface area contributed by atoms with Gasteiger partial charge in [-0.1, -0.05) is 12.1 Å². The van der Waals surface area contributed by atoms with E-state index in [1.807, 2.05) is 0 Å². The highest BCUT2D eigenvalue weighted by atomic mass is 79.9. The zero-order chi connectivity index (χ0) is 15.2. The predicted octanol–water partition coefficient (Wildman–Crippen LogP) is 1.99. The van der Waals surface area contributed by atoms with E-state index in [1.165, 1.54) is 30.5 Å². The first kappa shape index (κ1) is 15.1. The zero-order valence-electron chi connectivity index (χ0n) is 10.8. The number of hydrazine groups is 1. The van der Waals surface area contributed by atoms with E-state index in [0.29, 0.717) is 15.6 Å². The third kappa shape index (κ3) is 4.64. The van der Waals surface area contributed by atoms with Crippen molar-refractivity contribution in [2.45, 2.75) is 6.42 Å². The fourth-order valence-corrected chi connectivity index (χ4v) is 1.93. The van der Waals surface area contributed by atoms with Crippen molar-refractivity contribution in [3.05, 3.63) is 64.1 Å². The van der Waals surface area contributed by atoms with E-state index in [9.17, 15) is 14.0 Å². The van der Waals surface area contributed by atoms with Crippen LogP contribution < -0.4 is 10.9 Å². The van der Waals surface area contributed by atoms with Crippen LogP contribution in [-0.2, 0) is 11.2 Å². The lowest BCUT2D eigenvalue weighted by molar-refractivity contribution is -0.121. The lowest BCUT2D eigenvalue weighted by Gasteiger charge is -2.07. The molecule has 0 aliphatic carbocycles.